The lowest BCUT2D eigenvalue weighted by atomic mass is 10.1. The smallest absolute Gasteiger partial charge is 0.387 e. The fraction of sp³-hybridized carbons (Fsp3) is 0.333. The summed E-state index contributed by atoms with van der Waals surface area (Å²) in [5.41, 5.74) is 1.23. The first kappa shape index (κ1) is 16.4. The molecule has 1 aromatic carbocycles. The van der Waals surface area contributed by atoms with Gasteiger partial charge in [-0.1, -0.05) is 25.4 Å². The molecule has 2 rings (SSSR count). The van der Waals surface area contributed by atoms with E-state index < -0.39 is 6.61 Å². The molecule has 4 nitrogen and oxygen atoms in total. The van der Waals surface area contributed by atoms with Crippen molar-refractivity contribution in [1.82, 2.24) is 10.2 Å². The lowest BCUT2D eigenvalue weighted by Crippen LogP contribution is -2.08. The van der Waals surface area contributed by atoms with Crippen molar-refractivity contribution in [2.45, 2.75) is 20.5 Å². The molecule has 0 aliphatic heterocycles. The van der Waals surface area contributed by atoms with E-state index in [2.05, 4.69) is 14.9 Å². The Bertz CT molecular complexity index is 621. The minimum atomic E-state index is -2.91. The van der Waals surface area contributed by atoms with Crippen molar-refractivity contribution in [3.8, 4) is 22.8 Å². The highest BCUT2D eigenvalue weighted by molar-refractivity contribution is 6.29. The predicted octanol–water partition coefficient (Wildman–Crippen LogP) is 4.43. The Morgan fingerprint density at radius 2 is 1.86 bits per heavy atom. The number of nitrogens with zero attached hydrogens (tertiary/aromatic N) is 2. The van der Waals surface area contributed by atoms with E-state index in [1.165, 1.54) is 6.07 Å². The SMILES string of the molecule is CC(C)COc1cc(-c2ccc(Cl)nn2)ccc1OC(F)F. The first-order valence-corrected chi connectivity index (χ1v) is 7.04. The second-order valence-corrected chi connectivity index (χ2v) is 5.37. The van der Waals surface area contributed by atoms with Crippen molar-refractivity contribution < 1.29 is 18.3 Å². The maximum absolute atomic E-state index is 12.5. The van der Waals surface area contributed by atoms with Gasteiger partial charge in [-0.15, -0.1) is 10.2 Å². The number of halogens is 3. The van der Waals surface area contributed by atoms with Crippen molar-refractivity contribution in [2.24, 2.45) is 5.92 Å². The Balaban J connectivity index is 2.32. The highest BCUT2D eigenvalue weighted by Crippen LogP contribution is 2.33. The Hall–Kier alpha value is -1.95. The van der Waals surface area contributed by atoms with Gasteiger partial charge in [0, 0.05) is 5.56 Å². The van der Waals surface area contributed by atoms with Gasteiger partial charge in [-0.2, -0.15) is 8.78 Å². The van der Waals surface area contributed by atoms with E-state index in [1.807, 2.05) is 13.8 Å². The molecule has 0 radical (unpaired) electrons. The molecule has 0 aliphatic carbocycles. The first-order valence-electron chi connectivity index (χ1n) is 6.67. The molecule has 0 atom stereocenters. The third kappa shape index (κ3) is 4.53. The molecule has 7 heteroatoms. The highest BCUT2D eigenvalue weighted by Gasteiger charge is 2.13. The number of rotatable bonds is 6. The van der Waals surface area contributed by atoms with Crippen molar-refractivity contribution in [3.63, 3.8) is 0 Å². The molecule has 22 heavy (non-hydrogen) atoms. The average molecular weight is 329 g/mol. The number of hydrogen-bond acceptors (Lipinski definition) is 4. The molecule has 0 unspecified atom stereocenters. The van der Waals surface area contributed by atoms with Crippen LogP contribution in [0.15, 0.2) is 30.3 Å². The van der Waals surface area contributed by atoms with Crippen molar-refractivity contribution in [3.05, 3.63) is 35.5 Å². The van der Waals surface area contributed by atoms with Gasteiger partial charge < -0.3 is 9.47 Å². The number of ether oxygens (including phenoxy) is 2. The largest absolute Gasteiger partial charge is 0.489 e. The summed E-state index contributed by atoms with van der Waals surface area (Å²) in [7, 11) is 0. The zero-order valence-electron chi connectivity index (χ0n) is 12.1. The molecular weight excluding hydrogens is 314 g/mol. The van der Waals surface area contributed by atoms with E-state index >= 15 is 0 Å². The number of alkyl halides is 2. The normalized spacial score (nSPS) is 11.0. The Morgan fingerprint density at radius 3 is 2.45 bits per heavy atom. The summed E-state index contributed by atoms with van der Waals surface area (Å²) < 4.78 is 34.9. The number of aromatic nitrogens is 2. The van der Waals surface area contributed by atoms with Crippen LogP contribution in [-0.2, 0) is 0 Å². The van der Waals surface area contributed by atoms with Crippen LogP contribution in [0, 0.1) is 5.92 Å². The molecule has 1 aromatic heterocycles. The maximum atomic E-state index is 12.5. The van der Waals surface area contributed by atoms with Gasteiger partial charge in [0.05, 0.1) is 12.3 Å². The van der Waals surface area contributed by atoms with Crippen molar-refractivity contribution >= 4 is 11.6 Å². The van der Waals surface area contributed by atoms with Gasteiger partial charge in [0.25, 0.3) is 0 Å². The molecule has 0 spiro atoms. The first-order chi connectivity index (χ1) is 10.5. The zero-order chi connectivity index (χ0) is 16.1. The lowest BCUT2D eigenvalue weighted by molar-refractivity contribution is -0.0515. The molecular formula is C15H15ClF2N2O2. The molecule has 0 aliphatic rings. The van der Waals surface area contributed by atoms with Crippen LogP contribution in [0.2, 0.25) is 5.15 Å². The van der Waals surface area contributed by atoms with E-state index in [1.54, 1.807) is 24.3 Å². The summed E-state index contributed by atoms with van der Waals surface area (Å²) in [6.07, 6.45) is 0. The van der Waals surface area contributed by atoms with Crippen LogP contribution in [0.1, 0.15) is 13.8 Å². The fourth-order valence-electron chi connectivity index (χ4n) is 1.70. The number of benzene rings is 1. The summed E-state index contributed by atoms with van der Waals surface area (Å²) >= 11 is 5.70. The molecule has 1 heterocycles. The topological polar surface area (TPSA) is 44.2 Å². The van der Waals surface area contributed by atoms with Gasteiger partial charge >= 0.3 is 6.61 Å². The standard InChI is InChI=1S/C15H15ClF2N2O2/c1-9(2)8-21-13-7-10(3-5-12(13)22-15(17)18)11-4-6-14(16)20-19-11/h3-7,9,15H,8H2,1-2H3. The molecule has 0 saturated heterocycles. The van der Waals surface area contributed by atoms with Gasteiger partial charge in [-0.25, -0.2) is 0 Å². The van der Waals surface area contributed by atoms with E-state index in [0.29, 0.717) is 17.9 Å². The monoisotopic (exact) mass is 328 g/mol. The van der Waals surface area contributed by atoms with Gasteiger partial charge in [-0.05, 0) is 36.2 Å². The Kier molecular flexibility index (Phi) is 5.49. The summed E-state index contributed by atoms with van der Waals surface area (Å²) in [5.74, 6) is 0.475. The zero-order valence-corrected chi connectivity index (χ0v) is 12.8. The van der Waals surface area contributed by atoms with Gasteiger partial charge in [-0.3, -0.25) is 0 Å². The van der Waals surface area contributed by atoms with E-state index in [0.717, 1.165) is 0 Å². The molecule has 0 N–H and O–H groups in total. The second kappa shape index (κ2) is 7.35. The third-order valence-electron chi connectivity index (χ3n) is 2.66. The highest BCUT2D eigenvalue weighted by atomic mass is 35.5. The summed E-state index contributed by atoms with van der Waals surface area (Å²) in [4.78, 5) is 0. The van der Waals surface area contributed by atoms with Crippen LogP contribution in [0.4, 0.5) is 8.78 Å². The lowest BCUT2D eigenvalue weighted by Gasteiger charge is -2.14. The summed E-state index contributed by atoms with van der Waals surface area (Å²) in [6, 6.07) is 7.91. The van der Waals surface area contributed by atoms with Crippen LogP contribution in [0.3, 0.4) is 0 Å². The van der Waals surface area contributed by atoms with Crippen molar-refractivity contribution in [2.75, 3.05) is 6.61 Å². The predicted molar refractivity (Wildman–Crippen MR) is 79.4 cm³/mol. The average Bonchev–Trinajstić information content (AvgIpc) is 2.46. The minimum Gasteiger partial charge on any atom is -0.489 e. The third-order valence-corrected chi connectivity index (χ3v) is 2.86. The van der Waals surface area contributed by atoms with Crippen LogP contribution in [0.5, 0.6) is 11.5 Å². The summed E-state index contributed by atoms with van der Waals surface area (Å²) in [5, 5.41) is 7.98. The van der Waals surface area contributed by atoms with Crippen LogP contribution < -0.4 is 9.47 Å². The molecule has 0 amide bonds. The van der Waals surface area contributed by atoms with Gasteiger partial charge in [0.1, 0.15) is 0 Å². The van der Waals surface area contributed by atoms with Gasteiger partial charge in [0.15, 0.2) is 16.7 Å². The molecule has 0 bridgehead atoms. The van der Waals surface area contributed by atoms with Crippen LogP contribution in [0.25, 0.3) is 11.3 Å². The quantitative estimate of drug-likeness (QED) is 0.786. The molecule has 0 saturated carbocycles. The molecule has 2 aromatic rings. The Morgan fingerprint density at radius 1 is 1.09 bits per heavy atom. The molecule has 0 fully saturated rings. The molecule has 118 valence electrons. The summed E-state index contributed by atoms with van der Waals surface area (Å²) in [6.45, 7) is 1.39. The fourth-order valence-corrected chi connectivity index (χ4v) is 1.80. The minimum absolute atomic E-state index is 0.0127. The van der Waals surface area contributed by atoms with E-state index in [-0.39, 0.29) is 22.6 Å². The number of hydrogen-bond donors (Lipinski definition) is 0. The van der Waals surface area contributed by atoms with Crippen LogP contribution in [-0.4, -0.2) is 23.4 Å². The van der Waals surface area contributed by atoms with E-state index in [9.17, 15) is 8.78 Å². The van der Waals surface area contributed by atoms with Crippen molar-refractivity contribution in [1.29, 1.82) is 0 Å². The van der Waals surface area contributed by atoms with E-state index in [4.69, 9.17) is 16.3 Å². The Labute approximate surface area is 132 Å². The van der Waals surface area contributed by atoms with Gasteiger partial charge in [0.2, 0.25) is 0 Å². The van der Waals surface area contributed by atoms with Crippen LogP contribution >= 0.6 is 11.6 Å². The second-order valence-electron chi connectivity index (χ2n) is 4.99. The maximum Gasteiger partial charge on any atom is 0.387 e.